The van der Waals surface area contributed by atoms with Crippen LogP contribution in [-0.4, -0.2) is 73.7 Å². The summed E-state index contributed by atoms with van der Waals surface area (Å²) in [5.41, 5.74) is 9.99. The molecule has 2 heterocycles. The monoisotopic (exact) mass is 454 g/mol. The van der Waals surface area contributed by atoms with Crippen LogP contribution in [0, 0.1) is 11.8 Å². The number of rotatable bonds is 8. The van der Waals surface area contributed by atoms with Crippen LogP contribution in [0.25, 0.3) is 0 Å². The summed E-state index contributed by atoms with van der Waals surface area (Å²) in [5.74, 6) is 1.45. The number of carbonyl (C=O) groups is 1. The normalized spacial score (nSPS) is 30.2. The van der Waals surface area contributed by atoms with Gasteiger partial charge in [-0.1, -0.05) is 37.1 Å². The van der Waals surface area contributed by atoms with Gasteiger partial charge < -0.3 is 9.64 Å². The van der Waals surface area contributed by atoms with Gasteiger partial charge in [-0.05, 0) is 68.0 Å². The SMILES string of the molecule is COCCN(CC1CCCN(C2Cc3ccccc3C2)C1)C(=O)CC1NNC2CCCCC21. The molecule has 5 rings (SSSR count). The van der Waals surface area contributed by atoms with Gasteiger partial charge in [-0.25, -0.2) is 0 Å². The molecule has 4 aliphatic rings. The molecule has 0 radical (unpaired) electrons. The molecule has 3 fully saturated rings. The number of nitrogens with zero attached hydrogens (tertiary/aromatic N) is 2. The number of piperidine rings is 1. The van der Waals surface area contributed by atoms with Crippen molar-refractivity contribution in [2.75, 3.05) is 39.9 Å². The Balaban J connectivity index is 1.17. The average molecular weight is 455 g/mol. The first kappa shape index (κ1) is 23.3. The van der Waals surface area contributed by atoms with Crippen molar-refractivity contribution in [1.29, 1.82) is 0 Å². The molecule has 0 bridgehead atoms. The van der Waals surface area contributed by atoms with Crippen LogP contribution in [0.3, 0.4) is 0 Å². The number of hydrogen-bond acceptors (Lipinski definition) is 5. The highest BCUT2D eigenvalue weighted by Gasteiger charge is 2.39. The van der Waals surface area contributed by atoms with Crippen LogP contribution < -0.4 is 10.9 Å². The highest BCUT2D eigenvalue weighted by atomic mass is 16.5. The van der Waals surface area contributed by atoms with Crippen molar-refractivity contribution < 1.29 is 9.53 Å². The van der Waals surface area contributed by atoms with Crippen molar-refractivity contribution in [2.45, 2.75) is 75.9 Å². The maximum atomic E-state index is 13.4. The molecular weight excluding hydrogens is 412 g/mol. The van der Waals surface area contributed by atoms with Crippen LogP contribution in [0.4, 0.5) is 0 Å². The number of hydrogen-bond donors (Lipinski definition) is 2. The summed E-state index contributed by atoms with van der Waals surface area (Å²) in [6.45, 7) is 4.50. The summed E-state index contributed by atoms with van der Waals surface area (Å²) < 4.78 is 5.37. The second kappa shape index (κ2) is 10.9. The van der Waals surface area contributed by atoms with E-state index < -0.39 is 0 Å². The minimum atomic E-state index is 0.271. The smallest absolute Gasteiger partial charge is 0.224 e. The van der Waals surface area contributed by atoms with Gasteiger partial charge in [-0.3, -0.25) is 20.5 Å². The van der Waals surface area contributed by atoms with Crippen molar-refractivity contribution >= 4 is 5.91 Å². The molecule has 182 valence electrons. The second-order valence-corrected chi connectivity index (χ2v) is 10.8. The third kappa shape index (κ3) is 5.45. The summed E-state index contributed by atoms with van der Waals surface area (Å²) in [5, 5.41) is 0. The number of ether oxygens (including phenoxy) is 1. The number of carbonyl (C=O) groups excluding carboxylic acids is 1. The van der Waals surface area contributed by atoms with E-state index in [9.17, 15) is 4.79 Å². The number of nitrogens with one attached hydrogen (secondary N) is 2. The average Bonchev–Trinajstić information content (AvgIpc) is 3.46. The van der Waals surface area contributed by atoms with Gasteiger partial charge in [0, 0.05) is 51.3 Å². The number of hydrazine groups is 1. The van der Waals surface area contributed by atoms with Gasteiger partial charge in [0.25, 0.3) is 0 Å². The zero-order valence-corrected chi connectivity index (χ0v) is 20.3. The van der Waals surface area contributed by atoms with Crippen molar-refractivity contribution in [1.82, 2.24) is 20.7 Å². The van der Waals surface area contributed by atoms with Crippen molar-refractivity contribution in [2.24, 2.45) is 11.8 Å². The molecule has 2 aliphatic heterocycles. The fourth-order valence-corrected chi connectivity index (χ4v) is 6.86. The molecule has 0 spiro atoms. The van der Waals surface area contributed by atoms with Gasteiger partial charge in [0.2, 0.25) is 5.91 Å². The molecule has 1 saturated carbocycles. The fourth-order valence-electron chi connectivity index (χ4n) is 6.86. The van der Waals surface area contributed by atoms with Gasteiger partial charge >= 0.3 is 0 Å². The van der Waals surface area contributed by atoms with Crippen LogP contribution in [0.1, 0.15) is 56.1 Å². The molecule has 1 amide bonds. The largest absolute Gasteiger partial charge is 0.383 e. The maximum absolute atomic E-state index is 13.4. The van der Waals surface area contributed by atoms with Crippen molar-refractivity contribution in [3.63, 3.8) is 0 Å². The Morgan fingerprint density at radius 2 is 1.88 bits per heavy atom. The van der Waals surface area contributed by atoms with E-state index in [1.54, 1.807) is 7.11 Å². The van der Waals surface area contributed by atoms with Crippen LogP contribution in [0.2, 0.25) is 0 Å². The number of methoxy groups -OCH3 is 1. The molecule has 6 heteroatoms. The number of likely N-dealkylation sites (tertiary alicyclic amines) is 1. The summed E-state index contributed by atoms with van der Waals surface area (Å²) in [7, 11) is 1.73. The van der Waals surface area contributed by atoms with Gasteiger partial charge in [0.1, 0.15) is 0 Å². The summed E-state index contributed by atoms with van der Waals surface area (Å²) in [6.07, 6.45) is 10.5. The van der Waals surface area contributed by atoms with E-state index in [0.29, 0.717) is 49.4 Å². The zero-order chi connectivity index (χ0) is 22.6. The lowest BCUT2D eigenvalue weighted by atomic mass is 9.80. The first-order valence-corrected chi connectivity index (χ1v) is 13.3. The van der Waals surface area contributed by atoms with E-state index in [0.717, 1.165) is 13.1 Å². The Kier molecular flexibility index (Phi) is 7.66. The molecule has 0 aromatic heterocycles. The molecule has 6 nitrogen and oxygen atoms in total. The molecule has 2 aliphatic carbocycles. The minimum absolute atomic E-state index is 0.271. The van der Waals surface area contributed by atoms with Crippen LogP contribution >= 0.6 is 0 Å². The van der Waals surface area contributed by atoms with Gasteiger partial charge in [0.15, 0.2) is 0 Å². The lowest BCUT2D eigenvalue weighted by molar-refractivity contribution is -0.133. The molecule has 33 heavy (non-hydrogen) atoms. The van der Waals surface area contributed by atoms with Crippen molar-refractivity contribution in [3.05, 3.63) is 35.4 Å². The van der Waals surface area contributed by atoms with E-state index in [2.05, 4.69) is 44.9 Å². The molecule has 1 aromatic rings. The van der Waals surface area contributed by atoms with E-state index in [1.807, 2.05) is 0 Å². The van der Waals surface area contributed by atoms with E-state index in [1.165, 1.54) is 69.0 Å². The summed E-state index contributed by atoms with van der Waals surface area (Å²) in [6, 6.07) is 10.4. The maximum Gasteiger partial charge on any atom is 0.224 e. The fraction of sp³-hybridized carbons (Fsp3) is 0.741. The Labute approximate surface area is 199 Å². The third-order valence-corrected chi connectivity index (χ3v) is 8.68. The van der Waals surface area contributed by atoms with Gasteiger partial charge in [-0.2, -0.15) is 0 Å². The molecule has 2 N–H and O–H groups in total. The topological polar surface area (TPSA) is 56.8 Å². The predicted molar refractivity (Wildman–Crippen MR) is 131 cm³/mol. The summed E-state index contributed by atoms with van der Waals surface area (Å²) >= 11 is 0. The molecular formula is C27H42N4O2. The lowest BCUT2D eigenvalue weighted by Gasteiger charge is -2.39. The van der Waals surface area contributed by atoms with Crippen molar-refractivity contribution in [3.8, 4) is 0 Å². The van der Waals surface area contributed by atoms with Gasteiger partial charge in [-0.15, -0.1) is 0 Å². The Bertz CT molecular complexity index is 777. The van der Waals surface area contributed by atoms with Gasteiger partial charge in [0.05, 0.1) is 6.61 Å². The lowest BCUT2D eigenvalue weighted by Crippen LogP contribution is -2.48. The Hall–Kier alpha value is -1.47. The van der Waals surface area contributed by atoms with E-state index in [-0.39, 0.29) is 6.04 Å². The summed E-state index contributed by atoms with van der Waals surface area (Å²) in [4.78, 5) is 18.2. The van der Waals surface area contributed by atoms with Crippen LogP contribution in [-0.2, 0) is 22.4 Å². The highest BCUT2D eigenvalue weighted by molar-refractivity contribution is 5.77. The standard InChI is InChI=1S/C27H42N4O2/c1-33-14-13-31(27(32)17-26-24-10-4-5-11-25(24)28-29-26)19-20-7-6-12-30(18-20)23-15-21-8-2-3-9-22(21)16-23/h2-3,8-9,20,23-26,28-29H,4-7,10-19H2,1H3. The first-order chi connectivity index (χ1) is 16.2. The molecule has 4 atom stereocenters. The van der Waals surface area contributed by atoms with E-state index >= 15 is 0 Å². The van der Waals surface area contributed by atoms with E-state index in [4.69, 9.17) is 4.74 Å². The predicted octanol–water partition coefficient (Wildman–Crippen LogP) is 2.77. The Morgan fingerprint density at radius 1 is 1.09 bits per heavy atom. The molecule has 4 unspecified atom stereocenters. The van der Waals surface area contributed by atoms with Crippen LogP contribution in [0.15, 0.2) is 24.3 Å². The number of benzene rings is 1. The number of fused-ring (bicyclic) bond motifs is 2. The zero-order valence-electron chi connectivity index (χ0n) is 20.3. The van der Waals surface area contributed by atoms with Crippen LogP contribution in [0.5, 0.6) is 0 Å². The minimum Gasteiger partial charge on any atom is -0.383 e. The quantitative estimate of drug-likeness (QED) is 0.633. The third-order valence-electron chi connectivity index (χ3n) is 8.68. The highest BCUT2D eigenvalue weighted by Crippen LogP contribution is 2.32. The molecule has 1 aromatic carbocycles. The second-order valence-electron chi connectivity index (χ2n) is 10.8. The first-order valence-electron chi connectivity index (χ1n) is 13.3. The molecule has 2 saturated heterocycles. The number of amides is 1. The Morgan fingerprint density at radius 3 is 2.67 bits per heavy atom.